The number of nitrogens with one attached hydrogen (secondary N) is 1. The molecule has 1 amide bonds. The second-order valence-electron chi connectivity index (χ2n) is 6.21. The molecule has 0 aromatic carbocycles. The predicted molar refractivity (Wildman–Crippen MR) is 88.2 cm³/mol. The minimum atomic E-state index is -3.20. The van der Waals surface area contributed by atoms with Gasteiger partial charge in [-0.25, -0.2) is 13.4 Å². The number of carbonyl (C=O) groups is 1. The van der Waals surface area contributed by atoms with E-state index in [9.17, 15) is 13.2 Å². The first-order valence-corrected chi connectivity index (χ1v) is 9.95. The molecule has 1 saturated heterocycles. The highest BCUT2D eigenvalue weighted by molar-refractivity contribution is 7.88. The number of hydrogen-bond donors (Lipinski definition) is 1. The van der Waals surface area contributed by atoms with Crippen molar-refractivity contribution < 1.29 is 13.2 Å². The van der Waals surface area contributed by atoms with Crippen LogP contribution >= 0.6 is 0 Å². The monoisotopic (exact) mass is 342 g/mol. The van der Waals surface area contributed by atoms with Crippen LogP contribution in [0, 0.1) is 5.92 Å². The lowest BCUT2D eigenvalue weighted by molar-refractivity contribution is -0.122. The van der Waals surface area contributed by atoms with Gasteiger partial charge < -0.3 is 9.88 Å². The highest BCUT2D eigenvalue weighted by Gasteiger charge is 2.36. The third-order valence-corrected chi connectivity index (χ3v) is 5.50. The molecule has 1 fully saturated rings. The molecule has 0 aliphatic carbocycles. The summed E-state index contributed by atoms with van der Waals surface area (Å²) in [7, 11) is -3.20. The van der Waals surface area contributed by atoms with Gasteiger partial charge in [-0.15, -0.1) is 0 Å². The Labute approximate surface area is 138 Å². The molecule has 1 aliphatic heterocycles. The van der Waals surface area contributed by atoms with Crippen molar-refractivity contribution in [2.45, 2.75) is 45.2 Å². The molecule has 0 saturated carbocycles. The summed E-state index contributed by atoms with van der Waals surface area (Å²) >= 11 is 0. The molecular formula is C15H26N4O3S. The first-order chi connectivity index (χ1) is 10.9. The van der Waals surface area contributed by atoms with Crippen molar-refractivity contribution >= 4 is 15.9 Å². The Kier molecular flexibility index (Phi) is 6.17. The third kappa shape index (κ3) is 5.31. The third-order valence-electron chi connectivity index (χ3n) is 4.26. The standard InChI is InChI=1S/C15H26N4O3S/c1-3-5-13-10-19(23(2,21)22)11-14(13)17-15(20)6-4-8-18-9-7-16-12-18/h7,9,12-14H,3-6,8,10-11H2,1-2H3,(H,17,20)/t13-,14-/m1/s1. The van der Waals surface area contributed by atoms with E-state index in [0.717, 1.165) is 25.8 Å². The van der Waals surface area contributed by atoms with E-state index in [0.29, 0.717) is 19.5 Å². The van der Waals surface area contributed by atoms with Gasteiger partial charge in [-0.05, 0) is 18.8 Å². The molecule has 8 heteroatoms. The summed E-state index contributed by atoms with van der Waals surface area (Å²) in [5.74, 6) is 0.193. The summed E-state index contributed by atoms with van der Waals surface area (Å²) in [6, 6.07) is -0.0783. The van der Waals surface area contributed by atoms with Crippen molar-refractivity contribution in [1.29, 1.82) is 0 Å². The zero-order valence-electron chi connectivity index (χ0n) is 13.8. The molecule has 0 spiro atoms. The van der Waals surface area contributed by atoms with E-state index in [1.165, 1.54) is 10.6 Å². The topological polar surface area (TPSA) is 84.3 Å². The molecule has 2 atom stereocenters. The quantitative estimate of drug-likeness (QED) is 0.759. The first kappa shape index (κ1) is 17.9. The Morgan fingerprint density at radius 2 is 2.17 bits per heavy atom. The highest BCUT2D eigenvalue weighted by atomic mass is 32.2. The van der Waals surface area contributed by atoms with Gasteiger partial charge in [-0.2, -0.15) is 4.31 Å². The Hall–Kier alpha value is -1.41. The van der Waals surface area contributed by atoms with E-state index >= 15 is 0 Å². The average molecular weight is 342 g/mol. The second kappa shape index (κ2) is 7.92. The number of nitrogens with zero attached hydrogens (tertiary/aromatic N) is 3. The number of carbonyl (C=O) groups excluding carboxylic acids is 1. The summed E-state index contributed by atoms with van der Waals surface area (Å²) in [4.78, 5) is 16.1. The molecule has 0 bridgehead atoms. The number of rotatable bonds is 8. The van der Waals surface area contributed by atoms with Crippen LogP contribution in [-0.2, 0) is 21.4 Å². The van der Waals surface area contributed by atoms with Crippen LogP contribution in [0.2, 0.25) is 0 Å². The number of hydrogen-bond acceptors (Lipinski definition) is 4. The number of sulfonamides is 1. The maximum absolute atomic E-state index is 12.1. The van der Waals surface area contributed by atoms with E-state index < -0.39 is 10.0 Å². The van der Waals surface area contributed by atoms with E-state index in [4.69, 9.17) is 0 Å². The fraction of sp³-hybridized carbons (Fsp3) is 0.733. The van der Waals surface area contributed by atoms with Crippen LogP contribution in [0.4, 0.5) is 0 Å². The fourth-order valence-electron chi connectivity index (χ4n) is 3.05. The Morgan fingerprint density at radius 3 is 2.78 bits per heavy atom. The second-order valence-corrected chi connectivity index (χ2v) is 8.19. The van der Waals surface area contributed by atoms with Gasteiger partial charge in [0.1, 0.15) is 0 Å². The van der Waals surface area contributed by atoms with E-state index in [1.54, 1.807) is 12.5 Å². The van der Waals surface area contributed by atoms with Gasteiger partial charge in [0.25, 0.3) is 0 Å². The van der Waals surface area contributed by atoms with Crippen molar-refractivity contribution in [2.75, 3.05) is 19.3 Å². The van der Waals surface area contributed by atoms with Crippen LogP contribution in [0.1, 0.15) is 32.6 Å². The van der Waals surface area contributed by atoms with Crippen LogP contribution in [0.25, 0.3) is 0 Å². The minimum Gasteiger partial charge on any atom is -0.352 e. The van der Waals surface area contributed by atoms with Gasteiger partial charge >= 0.3 is 0 Å². The summed E-state index contributed by atoms with van der Waals surface area (Å²) in [6.07, 6.45) is 9.63. The summed E-state index contributed by atoms with van der Waals surface area (Å²) < 4.78 is 26.9. The SMILES string of the molecule is CCC[C@@H]1CN(S(C)(=O)=O)C[C@H]1NC(=O)CCCn1ccnc1. The molecule has 7 nitrogen and oxygen atoms in total. The van der Waals surface area contributed by atoms with Crippen molar-refractivity contribution in [1.82, 2.24) is 19.2 Å². The van der Waals surface area contributed by atoms with Crippen LogP contribution < -0.4 is 5.32 Å². The molecule has 23 heavy (non-hydrogen) atoms. The van der Waals surface area contributed by atoms with Gasteiger partial charge in [-0.1, -0.05) is 13.3 Å². The Morgan fingerprint density at radius 1 is 1.39 bits per heavy atom. The molecule has 1 aromatic rings. The van der Waals surface area contributed by atoms with Crippen molar-refractivity contribution in [3.8, 4) is 0 Å². The Bertz CT molecular complexity index is 600. The summed E-state index contributed by atoms with van der Waals surface area (Å²) in [6.45, 7) is 3.72. The smallest absolute Gasteiger partial charge is 0.220 e. The van der Waals surface area contributed by atoms with Gasteiger partial charge in [0, 0.05) is 44.5 Å². The largest absolute Gasteiger partial charge is 0.352 e. The van der Waals surface area contributed by atoms with Crippen LogP contribution in [0.15, 0.2) is 18.7 Å². The van der Waals surface area contributed by atoms with Crippen molar-refractivity contribution in [3.63, 3.8) is 0 Å². The molecule has 2 rings (SSSR count). The fourth-order valence-corrected chi connectivity index (χ4v) is 3.94. The number of amides is 1. The van der Waals surface area contributed by atoms with Crippen LogP contribution in [-0.4, -0.2) is 53.6 Å². The lowest BCUT2D eigenvalue weighted by atomic mass is 9.98. The molecule has 130 valence electrons. The molecular weight excluding hydrogens is 316 g/mol. The maximum atomic E-state index is 12.1. The molecule has 0 unspecified atom stereocenters. The van der Waals surface area contributed by atoms with Crippen LogP contribution in [0.3, 0.4) is 0 Å². The molecule has 2 heterocycles. The molecule has 1 N–H and O–H groups in total. The van der Waals surface area contributed by atoms with Crippen molar-refractivity contribution in [2.24, 2.45) is 5.92 Å². The van der Waals surface area contributed by atoms with Gasteiger partial charge in [0.2, 0.25) is 15.9 Å². The van der Waals surface area contributed by atoms with E-state index in [2.05, 4.69) is 17.2 Å². The van der Waals surface area contributed by atoms with Crippen LogP contribution in [0.5, 0.6) is 0 Å². The normalized spacial score (nSPS) is 22.3. The number of aryl methyl sites for hydroxylation is 1. The van der Waals surface area contributed by atoms with Gasteiger partial charge in [0.15, 0.2) is 0 Å². The van der Waals surface area contributed by atoms with Gasteiger partial charge in [-0.3, -0.25) is 4.79 Å². The van der Waals surface area contributed by atoms with Crippen molar-refractivity contribution in [3.05, 3.63) is 18.7 Å². The number of aromatic nitrogens is 2. The summed E-state index contributed by atoms with van der Waals surface area (Å²) in [5.41, 5.74) is 0. The number of imidazole rings is 1. The lowest BCUT2D eigenvalue weighted by Gasteiger charge is -2.19. The maximum Gasteiger partial charge on any atom is 0.220 e. The summed E-state index contributed by atoms with van der Waals surface area (Å²) in [5, 5.41) is 3.03. The van der Waals surface area contributed by atoms with E-state index in [1.807, 2.05) is 10.8 Å². The molecule has 0 radical (unpaired) electrons. The van der Waals surface area contributed by atoms with Gasteiger partial charge in [0.05, 0.1) is 12.6 Å². The lowest BCUT2D eigenvalue weighted by Crippen LogP contribution is -2.41. The first-order valence-electron chi connectivity index (χ1n) is 8.10. The molecule has 1 aliphatic rings. The average Bonchev–Trinajstić information content (AvgIpc) is 3.09. The minimum absolute atomic E-state index is 0.00781. The zero-order chi connectivity index (χ0) is 16.9. The molecule has 1 aromatic heterocycles. The zero-order valence-corrected chi connectivity index (χ0v) is 14.6. The Balaban J connectivity index is 1.82. The predicted octanol–water partition coefficient (Wildman–Crippen LogP) is 0.840. The highest BCUT2D eigenvalue weighted by Crippen LogP contribution is 2.23. The van der Waals surface area contributed by atoms with E-state index in [-0.39, 0.29) is 17.9 Å².